The summed E-state index contributed by atoms with van der Waals surface area (Å²) in [6, 6.07) is 4.01. The average molecular weight is 187 g/mol. The second kappa shape index (κ2) is 3.62. The second-order valence-electron chi connectivity index (χ2n) is 3.22. The van der Waals surface area contributed by atoms with E-state index in [4.69, 9.17) is 0 Å². The third kappa shape index (κ3) is 1.53. The van der Waals surface area contributed by atoms with Crippen LogP contribution in [0.2, 0.25) is 0 Å². The standard InChI is InChI=1S/C11H13N3/c1-3-14-8-11(9(2)13-14)10-4-6-12-7-5-10/h4-8H,3H2,1-2H3. The van der Waals surface area contributed by atoms with Crippen LogP contribution in [0.5, 0.6) is 0 Å². The Morgan fingerprint density at radius 1 is 1.29 bits per heavy atom. The van der Waals surface area contributed by atoms with Crippen molar-refractivity contribution in [2.24, 2.45) is 0 Å². The first-order valence-electron chi connectivity index (χ1n) is 4.75. The third-order valence-corrected chi connectivity index (χ3v) is 2.26. The van der Waals surface area contributed by atoms with Crippen LogP contribution >= 0.6 is 0 Å². The third-order valence-electron chi connectivity index (χ3n) is 2.26. The topological polar surface area (TPSA) is 30.7 Å². The molecule has 0 bridgehead atoms. The zero-order chi connectivity index (χ0) is 9.97. The highest BCUT2D eigenvalue weighted by molar-refractivity contribution is 5.64. The molecule has 14 heavy (non-hydrogen) atoms. The molecule has 3 heteroatoms. The molecule has 0 saturated carbocycles. The first kappa shape index (κ1) is 8.94. The molecule has 2 heterocycles. The van der Waals surface area contributed by atoms with E-state index < -0.39 is 0 Å². The maximum absolute atomic E-state index is 4.40. The number of hydrogen-bond donors (Lipinski definition) is 0. The van der Waals surface area contributed by atoms with E-state index in [1.165, 1.54) is 11.1 Å². The Bertz CT molecular complexity index is 417. The molecule has 0 radical (unpaired) electrons. The number of hydrogen-bond acceptors (Lipinski definition) is 2. The fraction of sp³-hybridized carbons (Fsp3) is 0.273. The summed E-state index contributed by atoms with van der Waals surface area (Å²) in [6.07, 6.45) is 5.68. The summed E-state index contributed by atoms with van der Waals surface area (Å²) in [5, 5.41) is 4.40. The molecule has 0 unspecified atom stereocenters. The molecule has 0 aromatic carbocycles. The van der Waals surface area contributed by atoms with Crippen LogP contribution in [-0.4, -0.2) is 14.8 Å². The Morgan fingerprint density at radius 3 is 2.57 bits per heavy atom. The lowest BCUT2D eigenvalue weighted by Gasteiger charge is -1.96. The number of aromatic nitrogens is 3. The molecule has 3 nitrogen and oxygen atoms in total. The quantitative estimate of drug-likeness (QED) is 0.722. The van der Waals surface area contributed by atoms with E-state index in [2.05, 4.69) is 23.2 Å². The van der Waals surface area contributed by atoms with E-state index in [9.17, 15) is 0 Å². The number of rotatable bonds is 2. The van der Waals surface area contributed by atoms with Crippen molar-refractivity contribution in [1.82, 2.24) is 14.8 Å². The number of nitrogens with zero attached hydrogens (tertiary/aromatic N) is 3. The minimum absolute atomic E-state index is 0.909. The average Bonchev–Trinajstić information content (AvgIpc) is 2.61. The normalized spacial score (nSPS) is 10.4. The van der Waals surface area contributed by atoms with Gasteiger partial charge in [0.25, 0.3) is 0 Å². The highest BCUT2D eigenvalue weighted by Gasteiger charge is 2.05. The minimum Gasteiger partial charge on any atom is -0.272 e. The van der Waals surface area contributed by atoms with Crippen molar-refractivity contribution in [2.45, 2.75) is 20.4 Å². The van der Waals surface area contributed by atoms with Gasteiger partial charge in [-0.1, -0.05) is 0 Å². The Kier molecular flexibility index (Phi) is 2.31. The molecule has 72 valence electrons. The largest absolute Gasteiger partial charge is 0.272 e. The maximum atomic E-state index is 4.40. The molecular weight excluding hydrogens is 174 g/mol. The van der Waals surface area contributed by atoms with Crippen LogP contribution in [0.1, 0.15) is 12.6 Å². The van der Waals surface area contributed by atoms with E-state index in [1.54, 1.807) is 12.4 Å². The summed E-state index contributed by atoms with van der Waals surface area (Å²) in [7, 11) is 0. The molecule has 0 spiro atoms. The fourth-order valence-corrected chi connectivity index (χ4v) is 1.49. The second-order valence-corrected chi connectivity index (χ2v) is 3.22. The maximum Gasteiger partial charge on any atom is 0.0672 e. The Hall–Kier alpha value is -1.64. The molecule has 2 aromatic rings. The molecule has 0 fully saturated rings. The predicted molar refractivity (Wildman–Crippen MR) is 55.9 cm³/mol. The van der Waals surface area contributed by atoms with E-state index in [0.29, 0.717) is 0 Å². The van der Waals surface area contributed by atoms with Crippen LogP contribution in [0.25, 0.3) is 11.1 Å². The van der Waals surface area contributed by atoms with Crippen LogP contribution in [0.4, 0.5) is 0 Å². The van der Waals surface area contributed by atoms with E-state index in [0.717, 1.165) is 12.2 Å². The van der Waals surface area contributed by atoms with Gasteiger partial charge in [-0.2, -0.15) is 5.10 Å². The monoisotopic (exact) mass is 187 g/mol. The number of pyridine rings is 1. The van der Waals surface area contributed by atoms with Gasteiger partial charge in [-0.15, -0.1) is 0 Å². The van der Waals surface area contributed by atoms with Gasteiger partial charge in [0.05, 0.1) is 5.69 Å². The van der Waals surface area contributed by atoms with Crippen LogP contribution in [0.3, 0.4) is 0 Å². The van der Waals surface area contributed by atoms with Crippen LogP contribution < -0.4 is 0 Å². The summed E-state index contributed by atoms with van der Waals surface area (Å²) in [5.74, 6) is 0. The molecule has 2 aromatic heterocycles. The van der Waals surface area contributed by atoms with Crippen molar-refractivity contribution in [2.75, 3.05) is 0 Å². The van der Waals surface area contributed by atoms with Crippen molar-refractivity contribution in [3.8, 4) is 11.1 Å². The minimum atomic E-state index is 0.909. The van der Waals surface area contributed by atoms with E-state index >= 15 is 0 Å². The zero-order valence-electron chi connectivity index (χ0n) is 8.44. The lowest BCUT2D eigenvalue weighted by molar-refractivity contribution is 0.653. The fourth-order valence-electron chi connectivity index (χ4n) is 1.49. The summed E-state index contributed by atoms with van der Waals surface area (Å²) >= 11 is 0. The van der Waals surface area contributed by atoms with Gasteiger partial charge >= 0.3 is 0 Å². The summed E-state index contributed by atoms with van der Waals surface area (Å²) < 4.78 is 1.95. The lowest BCUT2D eigenvalue weighted by atomic mass is 10.1. The van der Waals surface area contributed by atoms with Crippen molar-refractivity contribution < 1.29 is 0 Å². The first-order chi connectivity index (χ1) is 6.81. The molecular formula is C11H13N3. The smallest absolute Gasteiger partial charge is 0.0672 e. The summed E-state index contributed by atoms with van der Waals surface area (Å²) in [5.41, 5.74) is 3.43. The number of aryl methyl sites for hydroxylation is 2. The zero-order valence-corrected chi connectivity index (χ0v) is 8.44. The Balaban J connectivity index is 2.46. The summed E-state index contributed by atoms with van der Waals surface area (Å²) in [4.78, 5) is 4.00. The van der Waals surface area contributed by atoms with Gasteiger partial charge in [0.1, 0.15) is 0 Å². The lowest BCUT2D eigenvalue weighted by Crippen LogP contribution is -1.93. The molecule has 0 aliphatic rings. The summed E-state index contributed by atoms with van der Waals surface area (Å²) in [6.45, 7) is 5.02. The molecule has 0 atom stereocenters. The Morgan fingerprint density at radius 2 is 2.00 bits per heavy atom. The first-order valence-corrected chi connectivity index (χ1v) is 4.75. The van der Waals surface area contributed by atoms with Crippen LogP contribution in [0, 0.1) is 6.92 Å². The van der Waals surface area contributed by atoms with Gasteiger partial charge in [0.2, 0.25) is 0 Å². The SMILES string of the molecule is CCn1cc(-c2ccncc2)c(C)n1. The van der Waals surface area contributed by atoms with Crippen LogP contribution in [0.15, 0.2) is 30.7 Å². The van der Waals surface area contributed by atoms with Gasteiger partial charge < -0.3 is 0 Å². The van der Waals surface area contributed by atoms with Crippen molar-refractivity contribution in [3.63, 3.8) is 0 Å². The molecule has 0 aliphatic carbocycles. The predicted octanol–water partition coefficient (Wildman–Crippen LogP) is 2.27. The van der Waals surface area contributed by atoms with E-state index in [-0.39, 0.29) is 0 Å². The van der Waals surface area contributed by atoms with Crippen molar-refractivity contribution in [1.29, 1.82) is 0 Å². The van der Waals surface area contributed by atoms with E-state index in [1.807, 2.05) is 23.7 Å². The van der Waals surface area contributed by atoms with Crippen molar-refractivity contribution in [3.05, 3.63) is 36.4 Å². The van der Waals surface area contributed by atoms with Gasteiger partial charge in [0, 0.05) is 30.7 Å². The Labute approximate surface area is 83.4 Å². The van der Waals surface area contributed by atoms with Gasteiger partial charge in [-0.3, -0.25) is 9.67 Å². The molecule has 0 N–H and O–H groups in total. The molecule has 0 saturated heterocycles. The molecule has 0 aliphatic heterocycles. The van der Waals surface area contributed by atoms with Crippen molar-refractivity contribution >= 4 is 0 Å². The van der Waals surface area contributed by atoms with Gasteiger partial charge in [-0.25, -0.2) is 0 Å². The molecule has 0 amide bonds. The highest BCUT2D eigenvalue weighted by Crippen LogP contribution is 2.21. The van der Waals surface area contributed by atoms with Crippen LogP contribution in [-0.2, 0) is 6.54 Å². The highest BCUT2D eigenvalue weighted by atomic mass is 15.3. The van der Waals surface area contributed by atoms with Gasteiger partial charge in [0.15, 0.2) is 0 Å². The van der Waals surface area contributed by atoms with Gasteiger partial charge in [-0.05, 0) is 31.5 Å². The molecule has 2 rings (SSSR count).